The number of hydrogen-bond acceptors (Lipinski definition) is 5. The number of amides is 1. The van der Waals surface area contributed by atoms with Crippen LogP contribution in [0.5, 0.6) is 5.75 Å². The maximum Gasteiger partial charge on any atom is 0.413 e. The Morgan fingerprint density at radius 2 is 2.12 bits per heavy atom. The number of anilines is 1. The molecule has 0 spiro atoms. The van der Waals surface area contributed by atoms with Gasteiger partial charge < -0.3 is 9.47 Å². The molecule has 0 saturated heterocycles. The Balaban J connectivity index is 2.62. The lowest BCUT2D eigenvalue weighted by molar-refractivity contribution is 0.0635. The van der Waals surface area contributed by atoms with E-state index in [9.17, 15) is 4.79 Å². The van der Waals surface area contributed by atoms with Gasteiger partial charge in [0.1, 0.15) is 11.4 Å². The summed E-state index contributed by atoms with van der Waals surface area (Å²) in [4.78, 5) is 11.4. The van der Waals surface area contributed by atoms with Crippen molar-refractivity contribution in [2.45, 2.75) is 26.4 Å². The van der Waals surface area contributed by atoms with E-state index in [1.807, 2.05) is 0 Å². The van der Waals surface area contributed by atoms with Crippen molar-refractivity contribution in [3.05, 3.63) is 12.3 Å². The Hall–Kier alpha value is -1.85. The third-order valence-corrected chi connectivity index (χ3v) is 1.49. The van der Waals surface area contributed by atoms with Crippen molar-refractivity contribution in [1.82, 2.24) is 10.2 Å². The monoisotopic (exact) mass is 225 g/mol. The van der Waals surface area contributed by atoms with Gasteiger partial charge in [-0.05, 0) is 20.8 Å². The number of carbonyl (C=O) groups excluding carboxylic acids is 1. The SMILES string of the molecule is COc1cnnc(NC(=O)OC(C)(C)C)c1. The number of ether oxygens (including phenoxy) is 2. The van der Waals surface area contributed by atoms with E-state index in [4.69, 9.17) is 9.47 Å². The molecular formula is C10H15N3O3. The Kier molecular flexibility index (Phi) is 3.65. The van der Waals surface area contributed by atoms with E-state index in [0.717, 1.165) is 0 Å². The van der Waals surface area contributed by atoms with Gasteiger partial charge in [-0.2, -0.15) is 5.10 Å². The number of rotatable bonds is 2. The number of carbonyl (C=O) groups is 1. The van der Waals surface area contributed by atoms with Gasteiger partial charge in [-0.25, -0.2) is 4.79 Å². The lowest BCUT2D eigenvalue weighted by atomic mass is 10.2. The molecule has 0 saturated carbocycles. The normalized spacial score (nSPS) is 10.8. The van der Waals surface area contributed by atoms with Crippen LogP contribution in [-0.2, 0) is 4.74 Å². The topological polar surface area (TPSA) is 73.3 Å². The quantitative estimate of drug-likeness (QED) is 0.831. The molecule has 0 fully saturated rings. The Morgan fingerprint density at radius 3 is 2.69 bits per heavy atom. The summed E-state index contributed by atoms with van der Waals surface area (Å²) in [7, 11) is 1.51. The molecule has 0 unspecified atom stereocenters. The van der Waals surface area contributed by atoms with Gasteiger partial charge in [0.05, 0.1) is 13.3 Å². The van der Waals surface area contributed by atoms with Gasteiger partial charge >= 0.3 is 6.09 Å². The van der Waals surface area contributed by atoms with Crippen molar-refractivity contribution in [3.8, 4) is 5.75 Å². The molecule has 1 amide bonds. The van der Waals surface area contributed by atoms with Gasteiger partial charge in [0.15, 0.2) is 5.82 Å². The summed E-state index contributed by atoms with van der Waals surface area (Å²) in [5.41, 5.74) is -0.545. The van der Waals surface area contributed by atoms with Crippen LogP contribution in [0.1, 0.15) is 20.8 Å². The minimum atomic E-state index is -0.574. The molecule has 0 aromatic carbocycles. The largest absolute Gasteiger partial charge is 0.495 e. The average Bonchev–Trinajstić information content (AvgIpc) is 2.15. The highest BCUT2D eigenvalue weighted by molar-refractivity contribution is 5.83. The van der Waals surface area contributed by atoms with E-state index < -0.39 is 11.7 Å². The highest BCUT2D eigenvalue weighted by Gasteiger charge is 2.16. The molecule has 0 aliphatic heterocycles. The number of hydrogen-bond donors (Lipinski definition) is 1. The first-order valence-electron chi connectivity index (χ1n) is 4.77. The molecule has 88 valence electrons. The Labute approximate surface area is 94.0 Å². The van der Waals surface area contributed by atoms with Gasteiger partial charge in [0.25, 0.3) is 0 Å². The second kappa shape index (κ2) is 4.78. The average molecular weight is 225 g/mol. The van der Waals surface area contributed by atoms with Gasteiger partial charge in [0.2, 0.25) is 0 Å². The zero-order valence-corrected chi connectivity index (χ0v) is 9.77. The van der Waals surface area contributed by atoms with E-state index in [1.165, 1.54) is 13.3 Å². The van der Waals surface area contributed by atoms with Gasteiger partial charge in [0, 0.05) is 6.07 Å². The third-order valence-electron chi connectivity index (χ3n) is 1.49. The van der Waals surface area contributed by atoms with Crippen molar-refractivity contribution in [3.63, 3.8) is 0 Å². The molecule has 16 heavy (non-hydrogen) atoms. The molecule has 0 bridgehead atoms. The molecule has 1 rings (SSSR count). The molecule has 0 atom stereocenters. The van der Waals surface area contributed by atoms with Crippen molar-refractivity contribution in [2.24, 2.45) is 0 Å². The van der Waals surface area contributed by atoms with Crippen molar-refractivity contribution >= 4 is 11.9 Å². The van der Waals surface area contributed by atoms with Gasteiger partial charge in [-0.3, -0.25) is 5.32 Å². The molecule has 6 nitrogen and oxygen atoms in total. The van der Waals surface area contributed by atoms with Crippen LogP contribution < -0.4 is 10.1 Å². The van der Waals surface area contributed by atoms with Crippen molar-refractivity contribution < 1.29 is 14.3 Å². The minimum absolute atomic E-state index is 0.286. The highest BCUT2D eigenvalue weighted by Crippen LogP contribution is 2.13. The fourth-order valence-corrected chi connectivity index (χ4v) is 0.930. The number of nitrogens with one attached hydrogen (secondary N) is 1. The minimum Gasteiger partial charge on any atom is -0.495 e. The highest BCUT2D eigenvalue weighted by atomic mass is 16.6. The molecule has 1 heterocycles. The van der Waals surface area contributed by atoms with Crippen molar-refractivity contribution in [2.75, 3.05) is 12.4 Å². The second-order valence-electron chi connectivity index (χ2n) is 4.11. The first-order valence-corrected chi connectivity index (χ1v) is 4.77. The maximum absolute atomic E-state index is 11.4. The number of aromatic nitrogens is 2. The van der Waals surface area contributed by atoms with Crippen LogP contribution in [0.15, 0.2) is 12.3 Å². The zero-order chi connectivity index (χ0) is 12.2. The van der Waals surface area contributed by atoms with E-state index in [1.54, 1.807) is 26.8 Å². The molecule has 1 aromatic rings. The molecule has 1 N–H and O–H groups in total. The van der Waals surface area contributed by atoms with Crippen LogP contribution in [0.4, 0.5) is 10.6 Å². The summed E-state index contributed by atoms with van der Waals surface area (Å²) in [5, 5.41) is 9.83. The summed E-state index contributed by atoms with van der Waals surface area (Å²) in [6.45, 7) is 5.34. The second-order valence-corrected chi connectivity index (χ2v) is 4.11. The predicted molar refractivity (Wildman–Crippen MR) is 58.4 cm³/mol. The molecule has 1 aromatic heterocycles. The molecule has 0 radical (unpaired) electrons. The van der Waals surface area contributed by atoms with Crippen LogP contribution in [0.2, 0.25) is 0 Å². The maximum atomic E-state index is 11.4. The van der Waals surface area contributed by atoms with E-state index in [0.29, 0.717) is 5.75 Å². The predicted octanol–water partition coefficient (Wildman–Crippen LogP) is 1.83. The Morgan fingerprint density at radius 1 is 1.44 bits per heavy atom. The molecular weight excluding hydrogens is 210 g/mol. The first kappa shape index (κ1) is 12.2. The van der Waals surface area contributed by atoms with Crippen LogP contribution >= 0.6 is 0 Å². The fourth-order valence-electron chi connectivity index (χ4n) is 0.930. The number of nitrogens with zero attached hydrogens (tertiary/aromatic N) is 2. The summed E-state index contributed by atoms with van der Waals surface area (Å²) in [6.07, 6.45) is 0.871. The fraction of sp³-hybridized carbons (Fsp3) is 0.500. The van der Waals surface area contributed by atoms with E-state index in [-0.39, 0.29) is 5.82 Å². The molecule has 0 aliphatic carbocycles. The summed E-state index contributed by atoms with van der Waals surface area (Å²) < 4.78 is 10.00. The van der Waals surface area contributed by atoms with Crippen LogP contribution in [-0.4, -0.2) is 29.0 Å². The summed E-state index contributed by atoms with van der Waals surface area (Å²) in [5.74, 6) is 0.801. The summed E-state index contributed by atoms with van der Waals surface area (Å²) >= 11 is 0. The summed E-state index contributed by atoms with van der Waals surface area (Å²) in [6, 6.07) is 1.55. The van der Waals surface area contributed by atoms with E-state index >= 15 is 0 Å². The zero-order valence-electron chi connectivity index (χ0n) is 9.77. The standard InChI is InChI=1S/C10H15N3O3/c1-10(2,3)16-9(14)12-8-5-7(15-4)6-11-13-8/h5-6H,1-4H3,(H,12,13,14). The Bertz CT molecular complexity index is 374. The number of methoxy groups -OCH3 is 1. The van der Waals surface area contributed by atoms with E-state index in [2.05, 4.69) is 15.5 Å². The van der Waals surface area contributed by atoms with Gasteiger partial charge in [-0.15, -0.1) is 5.10 Å². The lowest BCUT2D eigenvalue weighted by Crippen LogP contribution is -2.27. The van der Waals surface area contributed by atoms with Crippen LogP contribution in [0.3, 0.4) is 0 Å². The van der Waals surface area contributed by atoms with Crippen LogP contribution in [0.25, 0.3) is 0 Å². The molecule has 6 heteroatoms. The van der Waals surface area contributed by atoms with Crippen molar-refractivity contribution in [1.29, 1.82) is 0 Å². The van der Waals surface area contributed by atoms with Crippen LogP contribution in [0, 0.1) is 0 Å². The molecule has 0 aliphatic rings. The lowest BCUT2D eigenvalue weighted by Gasteiger charge is -2.19. The first-order chi connectivity index (χ1) is 7.40. The third kappa shape index (κ3) is 4.12. The van der Waals surface area contributed by atoms with Gasteiger partial charge in [-0.1, -0.05) is 0 Å². The smallest absolute Gasteiger partial charge is 0.413 e.